The minimum absolute atomic E-state index is 0.368. The molecular weight excluding hydrogens is 138 g/mol. The molecule has 11 heavy (non-hydrogen) atoms. The van der Waals surface area contributed by atoms with E-state index in [0.717, 1.165) is 5.56 Å². The lowest BCUT2D eigenvalue weighted by molar-refractivity contribution is 0.471. The Kier molecular flexibility index (Phi) is 4.59. The molecule has 0 heterocycles. The third-order valence-electron chi connectivity index (χ3n) is 1.12. The van der Waals surface area contributed by atoms with Gasteiger partial charge in [-0.1, -0.05) is 18.2 Å². The molecule has 0 fully saturated rings. The van der Waals surface area contributed by atoms with Crippen LogP contribution in [0.4, 0.5) is 0 Å². The lowest BCUT2D eigenvalue weighted by atomic mass is 10.2. The van der Waals surface area contributed by atoms with Crippen LogP contribution >= 0.6 is 0 Å². The monoisotopic (exact) mass is 149 g/mol. The standard InChI is InChI=1S/C7H8O.C2H3N/c1-6-4-2-3-5-7(6)8;1-2-3/h2-5,8H,1H3;1H3. The summed E-state index contributed by atoms with van der Waals surface area (Å²) in [7, 11) is 0. The quantitative estimate of drug-likeness (QED) is 0.614. The van der Waals surface area contributed by atoms with Crippen LogP contribution in [0.1, 0.15) is 12.5 Å². The van der Waals surface area contributed by atoms with Gasteiger partial charge in [0.05, 0.1) is 6.07 Å². The van der Waals surface area contributed by atoms with E-state index in [-0.39, 0.29) is 0 Å². The summed E-state index contributed by atoms with van der Waals surface area (Å²) in [4.78, 5) is 0. The zero-order valence-corrected chi connectivity index (χ0v) is 6.70. The molecule has 0 aliphatic carbocycles. The summed E-state index contributed by atoms with van der Waals surface area (Å²) in [5.41, 5.74) is 0.924. The van der Waals surface area contributed by atoms with Gasteiger partial charge in [-0.25, -0.2) is 0 Å². The van der Waals surface area contributed by atoms with Crippen LogP contribution in [0.5, 0.6) is 5.75 Å². The number of aromatic hydroxyl groups is 1. The number of phenols is 1. The van der Waals surface area contributed by atoms with E-state index in [4.69, 9.17) is 10.4 Å². The van der Waals surface area contributed by atoms with Crippen LogP contribution in [0.3, 0.4) is 0 Å². The molecule has 0 amide bonds. The Morgan fingerprint density at radius 2 is 1.82 bits per heavy atom. The minimum atomic E-state index is 0.368. The van der Waals surface area contributed by atoms with E-state index in [9.17, 15) is 0 Å². The van der Waals surface area contributed by atoms with Crippen LogP contribution in [0.25, 0.3) is 0 Å². The number of hydrogen-bond donors (Lipinski definition) is 1. The maximum Gasteiger partial charge on any atom is 0.118 e. The van der Waals surface area contributed by atoms with Crippen LogP contribution < -0.4 is 0 Å². The normalized spacial score (nSPS) is 7.36. The second-order valence-electron chi connectivity index (χ2n) is 2.01. The van der Waals surface area contributed by atoms with Crippen molar-refractivity contribution in [2.45, 2.75) is 13.8 Å². The van der Waals surface area contributed by atoms with Crippen molar-refractivity contribution in [1.29, 1.82) is 5.26 Å². The zero-order valence-electron chi connectivity index (χ0n) is 6.70. The van der Waals surface area contributed by atoms with Gasteiger partial charge in [-0.15, -0.1) is 0 Å². The Morgan fingerprint density at radius 1 is 1.36 bits per heavy atom. The first-order valence-electron chi connectivity index (χ1n) is 3.27. The first-order chi connectivity index (χ1) is 5.22. The summed E-state index contributed by atoms with van der Waals surface area (Å²) in [5.74, 6) is 0.368. The molecule has 0 bridgehead atoms. The van der Waals surface area contributed by atoms with Crippen molar-refractivity contribution in [2.24, 2.45) is 0 Å². The molecule has 0 spiro atoms. The van der Waals surface area contributed by atoms with E-state index in [1.165, 1.54) is 6.92 Å². The predicted octanol–water partition coefficient (Wildman–Crippen LogP) is 2.23. The summed E-state index contributed by atoms with van der Waals surface area (Å²) in [5, 5.41) is 16.2. The highest BCUT2D eigenvalue weighted by Crippen LogP contribution is 2.12. The molecule has 2 heteroatoms. The Labute approximate surface area is 66.7 Å². The molecular formula is C9H11NO. The topological polar surface area (TPSA) is 44.0 Å². The van der Waals surface area contributed by atoms with Crippen molar-refractivity contribution in [3.63, 3.8) is 0 Å². The fraction of sp³-hybridized carbons (Fsp3) is 0.222. The first kappa shape index (κ1) is 9.51. The summed E-state index contributed by atoms with van der Waals surface area (Å²) < 4.78 is 0. The minimum Gasteiger partial charge on any atom is -0.508 e. The van der Waals surface area contributed by atoms with Gasteiger partial charge in [-0.05, 0) is 18.6 Å². The number of rotatable bonds is 0. The van der Waals surface area contributed by atoms with E-state index >= 15 is 0 Å². The predicted molar refractivity (Wildman–Crippen MR) is 44.1 cm³/mol. The largest absolute Gasteiger partial charge is 0.508 e. The second kappa shape index (κ2) is 5.31. The summed E-state index contributed by atoms with van der Waals surface area (Å²) in [6, 6.07) is 9.00. The smallest absolute Gasteiger partial charge is 0.118 e. The lowest BCUT2D eigenvalue weighted by Crippen LogP contribution is -1.68. The molecule has 0 saturated heterocycles. The third kappa shape index (κ3) is 3.99. The zero-order chi connectivity index (χ0) is 8.69. The van der Waals surface area contributed by atoms with Crippen molar-refractivity contribution in [2.75, 3.05) is 0 Å². The molecule has 1 rings (SSSR count). The van der Waals surface area contributed by atoms with Crippen molar-refractivity contribution in [1.82, 2.24) is 0 Å². The Hall–Kier alpha value is -1.49. The molecule has 0 saturated carbocycles. The molecule has 2 nitrogen and oxygen atoms in total. The van der Waals surface area contributed by atoms with Crippen LogP contribution in [-0.2, 0) is 0 Å². The number of phenolic OH excluding ortho intramolecular Hbond substituents is 1. The van der Waals surface area contributed by atoms with Gasteiger partial charge < -0.3 is 5.11 Å². The van der Waals surface area contributed by atoms with Gasteiger partial charge in [0.1, 0.15) is 5.75 Å². The summed E-state index contributed by atoms with van der Waals surface area (Å²) >= 11 is 0. The molecule has 0 unspecified atom stereocenters. The lowest BCUT2D eigenvalue weighted by Gasteiger charge is -1.92. The first-order valence-corrected chi connectivity index (χ1v) is 3.27. The van der Waals surface area contributed by atoms with E-state index < -0.39 is 0 Å². The Balaban J connectivity index is 0.000000292. The highest BCUT2D eigenvalue weighted by Gasteiger charge is 1.86. The summed E-state index contributed by atoms with van der Waals surface area (Å²) in [6.07, 6.45) is 0. The fourth-order valence-corrected chi connectivity index (χ4v) is 0.563. The van der Waals surface area contributed by atoms with Crippen molar-refractivity contribution < 1.29 is 5.11 Å². The molecule has 0 aliphatic rings. The van der Waals surface area contributed by atoms with Gasteiger partial charge in [0.15, 0.2) is 0 Å². The molecule has 1 aromatic rings. The maximum atomic E-state index is 8.92. The fourth-order valence-electron chi connectivity index (χ4n) is 0.563. The average molecular weight is 149 g/mol. The molecule has 0 aromatic heterocycles. The van der Waals surface area contributed by atoms with Gasteiger partial charge in [0, 0.05) is 6.92 Å². The molecule has 0 radical (unpaired) electrons. The number of para-hydroxylation sites is 1. The number of nitriles is 1. The molecule has 0 atom stereocenters. The van der Waals surface area contributed by atoms with Gasteiger partial charge in [0.2, 0.25) is 0 Å². The molecule has 58 valence electrons. The van der Waals surface area contributed by atoms with Crippen LogP contribution in [0, 0.1) is 18.3 Å². The van der Waals surface area contributed by atoms with Crippen molar-refractivity contribution in [3.05, 3.63) is 29.8 Å². The number of aryl methyl sites for hydroxylation is 1. The maximum absolute atomic E-state index is 8.92. The van der Waals surface area contributed by atoms with Crippen molar-refractivity contribution >= 4 is 0 Å². The average Bonchev–Trinajstić information content (AvgIpc) is 1.97. The molecule has 0 aliphatic heterocycles. The van der Waals surface area contributed by atoms with E-state index in [1.807, 2.05) is 25.1 Å². The molecule has 1 N–H and O–H groups in total. The Morgan fingerprint density at radius 3 is 2.09 bits per heavy atom. The van der Waals surface area contributed by atoms with Gasteiger partial charge in [-0.3, -0.25) is 0 Å². The number of hydrogen-bond acceptors (Lipinski definition) is 2. The van der Waals surface area contributed by atoms with Gasteiger partial charge in [0.25, 0.3) is 0 Å². The van der Waals surface area contributed by atoms with Crippen LogP contribution in [0.15, 0.2) is 24.3 Å². The second-order valence-corrected chi connectivity index (χ2v) is 2.01. The van der Waals surface area contributed by atoms with Gasteiger partial charge >= 0.3 is 0 Å². The van der Waals surface area contributed by atoms with E-state index in [2.05, 4.69) is 0 Å². The van der Waals surface area contributed by atoms with E-state index in [0.29, 0.717) is 5.75 Å². The van der Waals surface area contributed by atoms with Gasteiger partial charge in [-0.2, -0.15) is 5.26 Å². The highest BCUT2D eigenvalue weighted by molar-refractivity contribution is 5.29. The number of nitrogens with zero attached hydrogens (tertiary/aromatic N) is 1. The summed E-state index contributed by atoms with van der Waals surface area (Å²) in [6.45, 7) is 3.30. The Bertz CT molecular complexity index is 229. The number of benzene rings is 1. The van der Waals surface area contributed by atoms with Crippen LogP contribution in [0.2, 0.25) is 0 Å². The molecule has 1 aromatic carbocycles. The van der Waals surface area contributed by atoms with Crippen molar-refractivity contribution in [3.8, 4) is 11.8 Å². The van der Waals surface area contributed by atoms with E-state index in [1.54, 1.807) is 12.1 Å². The third-order valence-corrected chi connectivity index (χ3v) is 1.12. The SMILES string of the molecule is CC#N.Cc1ccccc1O. The highest BCUT2D eigenvalue weighted by atomic mass is 16.3. The van der Waals surface area contributed by atoms with Crippen LogP contribution in [-0.4, -0.2) is 5.11 Å².